The van der Waals surface area contributed by atoms with Crippen LogP contribution < -0.4 is 42.0 Å². The smallest absolute Gasteiger partial charge is 0.315 e. The molecule has 15 atom stereocenters. The fourth-order valence-electron chi connectivity index (χ4n) is 11.4. The van der Waals surface area contributed by atoms with Gasteiger partial charge in [0.2, 0.25) is 11.8 Å². The Morgan fingerprint density at radius 2 is 1.29 bits per heavy atom. The molecule has 89 heavy (non-hydrogen) atoms. The highest BCUT2D eigenvalue weighted by Gasteiger charge is 2.61. The number of aliphatic carboxylic acids is 1. The number of hydrogen-bond donors (Lipinski definition) is 8. The van der Waals surface area contributed by atoms with Crippen LogP contribution in [-0.2, 0) is 85.6 Å². The summed E-state index contributed by atoms with van der Waals surface area (Å²) in [7, 11) is 2.89. The van der Waals surface area contributed by atoms with Crippen LogP contribution in [-0.4, -0.2) is 259 Å². The molecule has 9 rings (SSSR count). The molecule has 32 heteroatoms. The quantitative estimate of drug-likeness (QED) is 0.0191. The number of carbonyl (C=O) groups is 7. The maximum absolute atomic E-state index is 14.0. The van der Waals surface area contributed by atoms with Crippen LogP contribution in [0, 0.1) is 0 Å². The van der Waals surface area contributed by atoms with Crippen LogP contribution in [0.2, 0.25) is 0 Å². The van der Waals surface area contributed by atoms with Crippen molar-refractivity contribution >= 4 is 74.9 Å². The third-order valence-corrected chi connectivity index (χ3v) is 19.4. The minimum Gasteiger partial charge on any atom is -0.491 e. The highest BCUT2D eigenvalue weighted by Crippen LogP contribution is 2.44. The molecular weight excluding hydrogens is 1230 g/mol. The van der Waals surface area contributed by atoms with E-state index in [1.165, 1.54) is 21.6 Å². The van der Waals surface area contributed by atoms with Crippen LogP contribution in [0.3, 0.4) is 0 Å². The lowest BCUT2D eigenvalue weighted by molar-refractivity contribution is -0.213. The van der Waals surface area contributed by atoms with E-state index in [1.807, 2.05) is 39.5 Å². The van der Waals surface area contributed by atoms with Gasteiger partial charge in [0.15, 0.2) is 30.2 Å². The standard InChI is InChI=1S/C57H85N7O22S3/c1-56(2)83-46-44(36-29-79-53(81-36)48(46)85-56)77-27-33(28-78-45-37-30-80-54(82-37)49-47(45)84-57(3,4)86-49)61-50(69)32-8-7-9-34(26-32)76-23-22-75-21-20-74-19-18-73-17-15-60-52(71)43(51(70)59-14-12-41(67)68)63-40(66)13-24-88-89-25-16-58-39(65)11-6-5-10-38-42-35(31-87-38)62-55(72)64-42/h7-9,26,33,35-38,42-49,53-54H,5-6,10-25,27-31H2,1-4H3,(H,58,65)(H,59,70)(H,60,71)(H,61,69)(H,63,66)(H,67,68)(H2,62,64,72)/t33?,35?,36?,37?,38?,42?,43?,44?,45?,46-,47+,48+,49-,53-,54+. The number of unbranched alkanes of at least 4 members (excludes halogenated alkanes) is 1. The van der Waals surface area contributed by atoms with Gasteiger partial charge in [-0.25, -0.2) is 4.79 Å². The molecule has 0 aromatic heterocycles. The lowest BCUT2D eigenvalue weighted by atomic mass is 10.0. The number of carbonyl (C=O) groups excluding carboxylic acids is 6. The van der Waals surface area contributed by atoms with E-state index < -0.39 is 115 Å². The van der Waals surface area contributed by atoms with Gasteiger partial charge in [-0.2, -0.15) is 11.8 Å². The SMILES string of the molecule is CC1(C)O[C@@H]2[C@@H]3OCC(O3)C(OCC(COC3C4CO[C@@H](O4)[C@@H]4OC(C)(C)O[C@@H]34)NC(=O)c3cccc(OCCOCCOCCOCCNC(=O)C(NC(=O)CCSSCCNC(=O)CCCCC4SCC5NC(=O)NC54)C(=O)NCCC(=O)O)c3)[C@H]2O1. The molecule has 9 unspecified atom stereocenters. The summed E-state index contributed by atoms with van der Waals surface area (Å²) < 4.78 is 84.6. The molecule has 1 aromatic rings. The fourth-order valence-corrected chi connectivity index (χ4v) is 14.8. The number of carboxylic acids is 1. The Kier molecular flexibility index (Phi) is 25.9. The van der Waals surface area contributed by atoms with E-state index in [1.54, 1.807) is 24.3 Å². The van der Waals surface area contributed by atoms with Crippen molar-refractivity contribution < 1.29 is 105 Å². The van der Waals surface area contributed by atoms with Crippen LogP contribution in [0.4, 0.5) is 4.79 Å². The van der Waals surface area contributed by atoms with Crippen LogP contribution >= 0.6 is 33.3 Å². The molecule has 7 amide bonds. The van der Waals surface area contributed by atoms with Gasteiger partial charge in [-0.1, -0.05) is 34.1 Å². The second-order valence-corrected chi connectivity index (χ2v) is 27.2. The third kappa shape index (κ3) is 20.3. The molecular formula is C57H85N7O22S3. The Balaban J connectivity index is 0.615. The number of fused-ring (bicyclic) bond motifs is 9. The number of urea groups is 1. The first-order valence-electron chi connectivity index (χ1n) is 30.4. The summed E-state index contributed by atoms with van der Waals surface area (Å²) in [6.07, 6.45) is -2.30. The Bertz CT molecular complexity index is 2490. The third-order valence-electron chi connectivity index (χ3n) is 15.5. The molecule has 0 radical (unpaired) electrons. The first-order valence-corrected chi connectivity index (χ1v) is 33.9. The van der Waals surface area contributed by atoms with E-state index in [0.29, 0.717) is 54.2 Å². The van der Waals surface area contributed by atoms with E-state index in [2.05, 4.69) is 37.2 Å². The van der Waals surface area contributed by atoms with Crippen LogP contribution in [0.15, 0.2) is 24.3 Å². The van der Waals surface area contributed by atoms with Crippen LogP contribution in [0.25, 0.3) is 0 Å². The van der Waals surface area contributed by atoms with Gasteiger partial charge in [0, 0.05) is 60.5 Å². The number of thioether (sulfide) groups is 1. The van der Waals surface area contributed by atoms with E-state index in [4.69, 9.17) is 71.4 Å². The number of ether oxygens (including phenoxy) is 14. The molecule has 8 heterocycles. The van der Waals surface area contributed by atoms with Crippen molar-refractivity contribution in [2.45, 2.75) is 169 Å². The number of carboxylic acid groups (broad SMARTS) is 1. The molecule has 0 aliphatic carbocycles. The van der Waals surface area contributed by atoms with Gasteiger partial charge in [0.25, 0.3) is 17.7 Å². The highest BCUT2D eigenvalue weighted by atomic mass is 33.1. The summed E-state index contributed by atoms with van der Waals surface area (Å²) >= 11 is 1.85. The predicted molar refractivity (Wildman–Crippen MR) is 319 cm³/mol. The summed E-state index contributed by atoms with van der Waals surface area (Å²) in [6, 6.07) is 4.71. The summed E-state index contributed by atoms with van der Waals surface area (Å²) in [5, 5.41) is 28.7. The molecule has 498 valence electrons. The maximum atomic E-state index is 14.0. The number of nitrogens with one attached hydrogen (secondary N) is 7. The van der Waals surface area contributed by atoms with Gasteiger partial charge >= 0.3 is 12.0 Å². The Morgan fingerprint density at radius 1 is 0.685 bits per heavy atom. The van der Waals surface area contributed by atoms with Crippen molar-refractivity contribution in [3.8, 4) is 5.75 Å². The van der Waals surface area contributed by atoms with Crippen LogP contribution in [0.5, 0.6) is 5.75 Å². The van der Waals surface area contributed by atoms with Gasteiger partial charge in [0.1, 0.15) is 61.2 Å². The first kappa shape index (κ1) is 69.0. The minimum atomic E-state index is -1.61. The maximum Gasteiger partial charge on any atom is 0.315 e. The van der Waals surface area contributed by atoms with Gasteiger partial charge in [-0.05, 0) is 58.7 Å². The summed E-state index contributed by atoms with van der Waals surface area (Å²) in [5.41, 5.74) is 0.340. The zero-order valence-corrected chi connectivity index (χ0v) is 52.9. The van der Waals surface area contributed by atoms with Crippen LogP contribution in [0.1, 0.15) is 76.6 Å². The van der Waals surface area contributed by atoms with E-state index in [0.717, 1.165) is 25.0 Å². The second kappa shape index (κ2) is 33.5. The molecule has 0 spiro atoms. The predicted octanol–water partition coefficient (Wildman–Crippen LogP) is 0.340. The largest absolute Gasteiger partial charge is 0.491 e. The number of rotatable bonds is 39. The van der Waals surface area contributed by atoms with E-state index in [9.17, 15) is 33.6 Å². The van der Waals surface area contributed by atoms with Crippen molar-refractivity contribution in [1.82, 2.24) is 37.2 Å². The fraction of sp³-hybridized carbons (Fsp3) is 0.772. The average Bonchev–Trinajstić information content (AvgIpc) is 1.65. The minimum absolute atomic E-state index is 0.00118. The van der Waals surface area contributed by atoms with Gasteiger partial charge in [-0.15, -0.1) is 0 Å². The normalized spacial score (nSPS) is 29.6. The Morgan fingerprint density at radius 3 is 1.94 bits per heavy atom. The lowest BCUT2D eigenvalue weighted by Gasteiger charge is -2.37. The molecule has 29 nitrogen and oxygen atoms in total. The topological polar surface area (TPSA) is 353 Å². The van der Waals surface area contributed by atoms with Crippen molar-refractivity contribution in [1.29, 1.82) is 0 Å². The van der Waals surface area contributed by atoms with Crippen molar-refractivity contribution in [3.05, 3.63) is 29.8 Å². The molecule has 0 saturated carbocycles. The molecule has 8 saturated heterocycles. The van der Waals surface area contributed by atoms with E-state index >= 15 is 0 Å². The second-order valence-electron chi connectivity index (χ2n) is 23.2. The van der Waals surface area contributed by atoms with Gasteiger partial charge in [0.05, 0.1) is 90.6 Å². The summed E-state index contributed by atoms with van der Waals surface area (Å²) in [6.45, 7) is 9.64. The molecule has 8 aliphatic rings. The molecule has 8 aliphatic heterocycles. The Hall–Kier alpha value is -4.36. The zero-order chi connectivity index (χ0) is 62.9. The van der Waals surface area contributed by atoms with Gasteiger partial charge < -0.3 is 109 Å². The van der Waals surface area contributed by atoms with Gasteiger partial charge in [-0.3, -0.25) is 28.8 Å². The average molecular weight is 1320 g/mol. The molecule has 8 fully saturated rings. The zero-order valence-electron chi connectivity index (χ0n) is 50.5. The highest BCUT2D eigenvalue weighted by molar-refractivity contribution is 8.76. The summed E-state index contributed by atoms with van der Waals surface area (Å²) in [5.74, 6) is -3.16. The van der Waals surface area contributed by atoms with E-state index in [-0.39, 0.29) is 109 Å². The Labute approximate surface area is 528 Å². The van der Waals surface area contributed by atoms with Crippen molar-refractivity contribution in [2.75, 3.05) is 110 Å². The number of hydrogen-bond acceptors (Lipinski definition) is 24. The first-order chi connectivity index (χ1) is 42.9. The van der Waals surface area contributed by atoms with Crippen molar-refractivity contribution in [2.24, 2.45) is 0 Å². The monoisotopic (exact) mass is 1320 g/mol. The number of benzene rings is 1. The van der Waals surface area contributed by atoms with Crippen molar-refractivity contribution in [3.63, 3.8) is 0 Å². The summed E-state index contributed by atoms with van der Waals surface area (Å²) in [4.78, 5) is 87.7. The molecule has 4 bridgehead atoms. The lowest BCUT2D eigenvalue weighted by Crippen LogP contribution is -2.56. The number of amides is 7. The molecule has 1 aromatic carbocycles. The molecule has 8 N–H and O–H groups in total.